The number of nitro groups is 1. The molecular weight excluding hydrogens is 320 g/mol. The van der Waals surface area contributed by atoms with Crippen molar-refractivity contribution in [2.24, 2.45) is 0 Å². The molecule has 25 heavy (non-hydrogen) atoms. The summed E-state index contributed by atoms with van der Waals surface area (Å²) in [4.78, 5) is 25.9. The van der Waals surface area contributed by atoms with E-state index in [0.717, 1.165) is 11.1 Å². The molecule has 0 aliphatic carbocycles. The van der Waals surface area contributed by atoms with E-state index in [1.807, 2.05) is 30.3 Å². The third kappa shape index (κ3) is 3.42. The number of nitrogens with zero attached hydrogens (tertiary/aromatic N) is 1. The highest BCUT2D eigenvalue weighted by molar-refractivity contribution is 5.98. The molecule has 1 N–H and O–H groups in total. The Bertz CT molecular complexity index is 899. The van der Waals surface area contributed by atoms with Gasteiger partial charge in [0.2, 0.25) is 0 Å². The van der Waals surface area contributed by atoms with Gasteiger partial charge in [-0.25, -0.2) is 4.79 Å². The highest BCUT2D eigenvalue weighted by Crippen LogP contribution is 2.30. The minimum atomic E-state index is -0.446. The zero-order valence-corrected chi connectivity index (χ0v) is 13.6. The summed E-state index contributed by atoms with van der Waals surface area (Å²) in [5.74, 6) is -0.411. The van der Waals surface area contributed by atoms with E-state index >= 15 is 0 Å². The second kappa shape index (κ2) is 7.00. The number of non-ortho nitro benzene ring substituents is 1. The summed E-state index contributed by atoms with van der Waals surface area (Å²) in [5.41, 5.74) is 3.41. The fourth-order valence-corrected chi connectivity index (χ4v) is 2.58. The summed E-state index contributed by atoms with van der Waals surface area (Å²) < 4.78 is 5.14. The third-order valence-electron chi connectivity index (χ3n) is 3.76. The number of hydrogen-bond acceptors (Lipinski definition) is 4. The first-order chi connectivity index (χ1) is 12.1. The Balaban J connectivity index is 2.06. The monoisotopic (exact) mass is 336 g/mol. The Morgan fingerprint density at radius 3 is 2.36 bits per heavy atom. The van der Waals surface area contributed by atoms with Crippen molar-refractivity contribution in [2.45, 2.75) is 6.92 Å². The van der Waals surface area contributed by atoms with Crippen LogP contribution in [0.15, 0.2) is 60.7 Å². The molecule has 0 fully saturated rings. The number of ether oxygens (including phenoxy) is 1. The van der Waals surface area contributed by atoms with E-state index in [-0.39, 0.29) is 12.3 Å². The van der Waals surface area contributed by atoms with Crippen molar-refractivity contribution in [1.29, 1.82) is 0 Å². The first-order valence-corrected chi connectivity index (χ1v) is 7.80. The fraction of sp³-hybridized carbons (Fsp3) is 0.105. The largest absolute Gasteiger partial charge is 0.462 e. The fourth-order valence-electron chi connectivity index (χ4n) is 2.58. The number of hydrogen-bond donors (Lipinski definition) is 1. The van der Waals surface area contributed by atoms with Gasteiger partial charge in [0.05, 0.1) is 22.8 Å². The lowest BCUT2D eigenvalue weighted by Gasteiger charge is -2.03. The van der Waals surface area contributed by atoms with Crippen molar-refractivity contribution in [3.05, 3.63) is 76.3 Å². The first kappa shape index (κ1) is 16.4. The quantitative estimate of drug-likeness (QED) is 0.424. The van der Waals surface area contributed by atoms with Crippen LogP contribution in [0.3, 0.4) is 0 Å². The zero-order chi connectivity index (χ0) is 17.8. The number of aromatic amines is 1. The lowest BCUT2D eigenvalue weighted by atomic mass is 10.1. The molecule has 1 aromatic heterocycles. The van der Waals surface area contributed by atoms with Crippen LogP contribution in [-0.2, 0) is 4.74 Å². The highest BCUT2D eigenvalue weighted by Gasteiger charge is 2.19. The summed E-state index contributed by atoms with van der Waals surface area (Å²) >= 11 is 0. The number of carbonyl (C=O) groups is 1. The lowest BCUT2D eigenvalue weighted by Crippen LogP contribution is -2.04. The van der Waals surface area contributed by atoms with Gasteiger partial charge in [-0.3, -0.25) is 10.1 Å². The molecule has 0 amide bonds. The summed E-state index contributed by atoms with van der Waals surface area (Å²) in [6.07, 6.45) is 0. The van der Waals surface area contributed by atoms with E-state index in [9.17, 15) is 14.9 Å². The molecule has 6 heteroatoms. The summed E-state index contributed by atoms with van der Waals surface area (Å²) in [6, 6.07) is 17.3. The number of aromatic nitrogens is 1. The normalized spacial score (nSPS) is 10.4. The van der Waals surface area contributed by atoms with Crippen LogP contribution in [0.4, 0.5) is 5.69 Å². The number of benzene rings is 2. The second-order valence-corrected chi connectivity index (χ2v) is 5.36. The SMILES string of the molecule is CCOC(=O)c1cc(-c2ccc([N+](=O)[O-])cc2)[nH]c1-c1ccccc1. The van der Waals surface area contributed by atoms with Gasteiger partial charge in [-0.05, 0) is 36.2 Å². The van der Waals surface area contributed by atoms with Crippen molar-refractivity contribution in [2.75, 3.05) is 6.61 Å². The van der Waals surface area contributed by atoms with Crippen LogP contribution in [0, 0.1) is 10.1 Å². The molecule has 2 aromatic carbocycles. The molecule has 0 saturated carbocycles. The number of carbonyl (C=O) groups excluding carboxylic acids is 1. The molecule has 3 aromatic rings. The van der Waals surface area contributed by atoms with Crippen molar-refractivity contribution in [3.8, 4) is 22.5 Å². The molecule has 0 unspecified atom stereocenters. The second-order valence-electron chi connectivity index (χ2n) is 5.36. The van der Waals surface area contributed by atoms with Gasteiger partial charge in [0.25, 0.3) is 5.69 Å². The standard InChI is InChI=1S/C19H16N2O4/c1-2-25-19(22)16-12-17(13-8-10-15(11-9-13)21(23)24)20-18(16)14-6-4-3-5-7-14/h3-12,20H,2H2,1H3. The Labute approximate surface area is 144 Å². The van der Waals surface area contributed by atoms with Crippen LogP contribution in [0.1, 0.15) is 17.3 Å². The van der Waals surface area contributed by atoms with Gasteiger partial charge in [0.1, 0.15) is 0 Å². The summed E-state index contributed by atoms with van der Waals surface area (Å²) in [6.45, 7) is 2.04. The Kier molecular flexibility index (Phi) is 4.61. The molecule has 6 nitrogen and oxygen atoms in total. The smallest absolute Gasteiger partial charge is 0.340 e. The average molecular weight is 336 g/mol. The maximum atomic E-state index is 12.3. The lowest BCUT2D eigenvalue weighted by molar-refractivity contribution is -0.384. The Hall–Kier alpha value is -3.41. The van der Waals surface area contributed by atoms with E-state index in [1.54, 1.807) is 25.1 Å². The number of H-pyrrole nitrogens is 1. The van der Waals surface area contributed by atoms with Gasteiger partial charge in [-0.2, -0.15) is 0 Å². The van der Waals surface area contributed by atoms with Crippen LogP contribution in [0.5, 0.6) is 0 Å². The maximum Gasteiger partial charge on any atom is 0.340 e. The Morgan fingerprint density at radius 1 is 1.08 bits per heavy atom. The van der Waals surface area contributed by atoms with Crippen LogP contribution >= 0.6 is 0 Å². The van der Waals surface area contributed by atoms with Gasteiger partial charge in [0, 0.05) is 17.8 Å². The number of nitro benzene ring substituents is 1. The van der Waals surface area contributed by atoms with Gasteiger partial charge in [-0.15, -0.1) is 0 Å². The zero-order valence-electron chi connectivity index (χ0n) is 13.6. The summed E-state index contributed by atoms with van der Waals surface area (Å²) in [5, 5.41) is 10.8. The number of rotatable bonds is 5. The minimum absolute atomic E-state index is 0.0178. The van der Waals surface area contributed by atoms with Crippen LogP contribution in [0.25, 0.3) is 22.5 Å². The van der Waals surface area contributed by atoms with Gasteiger partial charge in [-0.1, -0.05) is 30.3 Å². The molecule has 0 aliphatic heterocycles. The van der Waals surface area contributed by atoms with Crippen molar-refractivity contribution in [1.82, 2.24) is 4.98 Å². The molecule has 0 atom stereocenters. The molecular formula is C19H16N2O4. The molecule has 126 valence electrons. The maximum absolute atomic E-state index is 12.3. The molecule has 0 spiro atoms. The topological polar surface area (TPSA) is 85.2 Å². The van der Waals surface area contributed by atoms with Gasteiger partial charge < -0.3 is 9.72 Å². The van der Waals surface area contributed by atoms with E-state index in [4.69, 9.17) is 4.74 Å². The summed E-state index contributed by atoms with van der Waals surface area (Å²) in [7, 11) is 0. The van der Waals surface area contributed by atoms with Crippen molar-refractivity contribution in [3.63, 3.8) is 0 Å². The molecule has 0 saturated heterocycles. The average Bonchev–Trinajstić information content (AvgIpc) is 3.08. The van der Waals surface area contributed by atoms with Crippen LogP contribution in [0.2, 0.25) is 0 Å². The van der Waals surface area contributed by atoms with Crippen molar-refractivity contribution < 1.29 is 14.5 Å². The molecule has 3 rings (SSSR count). The first-order valence-electron chi connectivity index (χ1n) is 7.80. The van der Waals surface area contributed by atoms with Gasteiger partial charge in [0.15, 0.2) is 0 Å². The molecule has 1 heterocycles. The third-order valence-corrected chi connectivity index (χ3v) is 3.76. The molecule has 0 aliphatic rings. The van der Waals surface area contributed by atoms with E-state index in [1.165, 1.54) is 12.1 Å². The van der Waals surface area contributed by atoms with Crippen molar-refractivity contribution >= 4 is 11.7 Å². The number of nitrogens with one attached hydrogen (secondary N) is 1. The van der Waals surface area contributed by atoms with E-state index in [0.29, 0.717) is 17.0 Å². The van der Waals surface area contributed by atoms with E-state index in [2.05, 4.69) is 4.98 Å². The predicted molar refractivity (Wildman–Crippen MR) is 94.3 cm³/mol. The highest BCUT2D eigenvalue weighted by atomic mass is 16.6. The van der Waals surface area contributed by atoms with E-state index < -0.39 is 10.9 Å². The predicted octanol–water partition coefficient (Wildman–Crippen LogP) is 4.43. The molecule has 0 bridgehead atoms. The van der Waals surface area contributed by atoms with Crippen LogP contribution < -0.4 is 0 Å². The molecule has 0 radical (unpaired) electrons. The minimum Gasteiger partial charge on any atom is -0.462 e. The van der Waals surface area contributed by atoms with Crippen LogP contribution in [-0.4, -0.2) is 22.5 Å². The Morgan fingerprint density at radius 2 is 1.76 bits per heavy atom. The van der Waals surface area contributed by atoms with Gasteiger partial charge >= 0.3 is 5.97 Å². The number of esters is 1.